The zero-order valence-corrected chi connectivity index (χ0v) is 19.2. The predicted molar refractivity (Wildman–Crippen MR) is 130 cm³/mol. The predicted octanol–water partition coefficient (Wildman–Crippen LogP) is 3.39. The van der Waals surface area contributed by atoms with Gasteiger partial charge in [-0.25, -0.2) is 4.98 Å². The molecule has 10 nitrogen and oxygen atoms in total. The Balaban J connectivity index is 1.32. The third-order valence-corrected chi connectivity index (χ3v) is 6.03. The summed E-state index contributed by atoms with van der Waals surface area (Å²) in [5.41, 5.74) is 0.979. The second-order valence-electron chi connectivity index (χ2n) is 8.80. The number of hydrogen-bond donors (Lipinski definition) is 3. The van der Waals surface area contributed by atoms with Gasteiger partial charge in [0.05, 0.1) is 16.9 Å². The number of nitro groups is 1. The van der Waals surface area contributed by atoms with Crippen LogP contribution in [0, 0.1) is 10.1 Å². The van der Waals surface area contributed by atoms with Crippen LogP contribution in [0.25, 0.3) is 10.9 Å². The molecule has 1 fully saturated rings. The Morgan fingerprint density at radius 2 is 1.82 bits per heavy atom. The molecule has 1 aliphatic rings. The fraction of sp³-hybridized carbons (Fsp3) is 0.375. The summed E-state index contributed by atoms with van der Waals surface area (Å²) in [6.07, 6.45) is 3.38. The first-order valence-electron chi connectivity index (χ1n) is 11.3. The maximum absolute atomic E-state index is 12.5. The van der Waals surface area contributed by atoms with E-state index in [0.29, 0.717) is 11.5 Å². The highest BCUT2D eigenvalue weighted by Crippen LogP contribution is 2.28. The summed E-state index contributed by atoms with van der Waals surface area (Å²) < 4.78 is 0. The molecule has 1 amide bonds. The van der Waals surface area contributed by atoms with Gasteiger partial charge in [0.2, 0.25) is 11.9 Å². The van der Waals surface area contributed by atoms with E-state index in [1.807, 2.05) is 43.3 Å². The lowest BCUT2D eigenvalue weighted by molar-refractivity contribution is -0.385. The Morgan fingerprint density at radius 3 is 2.53 bits per heavy atom. The van der Waals surface area contributed by atoms with Gasteiger partial charge in [-0.3, -0.25) is 14.9 Å². The van der Waals surface area contributed by atoms with Crippen LogP contribution in [0.4, 0.5) is 17.5 Å². The molecule has 0 radical (unpaired) electrons. The maximum atomic E-state index is 12.5. The van der Waals surface area contributed by atoms with Crippen molar-refractivity contribution in [3.8, 4) is 5.75 Å². The van der Waals surface area contributed by atoms with E-state index in [4.69, 9.17) is 4.98 Å². The van der Waals surface area contributed by atoms with E-state index in [1.54, 1.807) is 0 Å². The molecule has 34 heavy (non-hydrogen) atoms. The van der Waals surface area contributed by atoms with Crippen LogP contribution in [-0.2, 0) is 11.2 Å². The quantitative estimate of drug-likeness (QED) is 0.358. The summed E-state index contributed by atoms with van der Waals surface area (Å²) in [5.74, 6) is 0.866. The number of carbonyl (C=O) groups excluding carboxylic acids is 1. The summed E-state index contributed by atoms with van der Waals surface area (Å²) in [4.78, 5) is 34.1. The van der Waals surface area contributed by atoms with Crippen molar-refractivity contribution in [3.05, 3.63) is 58.1 Å². The van der Waals surface area contributed by atoms with Crippen LogP contribution in [-0.4, -0.2) is 52.1 Å². The average Bonchev–Trinajstić information content (AvgIpc) is 2.80. The van der Waals surface area contributed by atoms with E-state index in [-0.39, 0.29) is 24.4 Å². The number of nitrogens with one attached hydrogen (secondary N) is 2. The molecule has 1 aliphatic carbocycles. The first-order valence-corrected chi connectivity index (χ1v) is 11.3. The van der Waals surface area contributed by atoms with Crippen LogP contribution >= 0.6 is 0 Å². The number of phenolic OH excluding ortho intramolecular Hbond substituents is 1. The van der Waals surface area contributed by atoms with Gasteiger partial charge in [0, 0.05) is 37.6 Å². The van der Waals surface area contributed by atoms with E-state index in [0.717, 1.165) is 42.4 Å². The summed E-state index contributed by atoms with van der Waals surface area (Å²) in [5, 5.41) is 28.0. The first-order chi connectivity index (χ1) is 16.3. The SMILES string of the molecule is CN(C)c1nc(N[C@H]2CC[C@@H](NC(=O)Cc3ccc(O)c([N+](=O)[O-])c3)CC2)nc2ccccc12. The van der Waals surface area contributed by atoms with Crippen molar-refractivity contribution >= 4 is 34.3 Å². The average molecular weight is 465 g/mol. The van der Waals surface area contributed by atoms with Crippen LogP contribution in [0.2, 0.25) is 0 Å². The number of benzene rings is 2. The standard InChI is InChI=1S/C24H28N6O4/c1-29(2)23-18-5-3-4-6-19(18)27-24(28-23)26-17-10-8-16(9-11-17)25-22(32)14-15-7-12-21(31)20(13-15)30(33)34/h3-7,12-13,16-17,31H,8-11,14H2,1-2H3,(H,25,32)(H,26,27,28)/t16-,17+. The molecular formula is C24H28N6O4. The highest BCUT2D eigenvalue weighted by molar-refractivity contribution is 5.90. The summed E-state index contributed by atoms with van der Waals surface area (Å²) in [7, 11) is 3.92. The van der Waals surface area contributed by atoms with E-state index >= 15 is 0 Å². The van der Waals surface area contributed by atoms with Gasteiger partial charge in [-0.1, -0.05) is 18.2 Å². The van der Waals surface area contributed by atoms with E-state index in [9.17, 15) is 20.0 Å². The van der Waals surface area contributed by atoms with Crippen LogP contribution in [0.1, 0.15) is 31.2 Å². The van der Waals surface area contributed by atoms with Crippen LogP contribution in [0.3, 0.4) is 0 Å². The fourth-order valence-corrected chi connectivity index (χ4v) is 4.32. The number of amides is 1. The fourth-order valence-electron chi connectivity index (χ4n) is 4.32. The molecule has 1 aromatic heterocycles. The van der Waals surface area contributed by atoms with Gasteiger partial charge in [0.25, 0.3) is 0 Å². The first kappa shape index (κ1) is 23.2. The van der Waals surface area contributed by atoms with Crippen molar-refractivity contribution in [1.29, 1.82) is 0 Å². The number of phenols is 1. The number of para-hydroxylation sites is 1. The zero-order valence-electron chi connectivity index (χ0n) is 19.2. The molecule has 0 aliphatic heterocycles. The van der Waals surface area contributed by atoms with Crippen molar-refractivity contribution in [2.75, 3.05) is 24.3 Å². The highest BCUT2D eigenvalue weighted by Gasteiger charge is 2.24. The highest BCUT2D eigenvalue weighted by atomic mass is 16.6. The summed E-state index contributed by atoms with van der Waals surface area (Å²) in [6, 6.07) is 12.2. The van der Waals surface area contributed by atoms with Gasteiger partial charge < -0.3 is 20.6 Å². The molecule has 0 bridgehead atoms. The molecule has 1 heterocycles. The number of aromatic nitrogens is 2. The lowest BCUT2D eigenvalue weighted by atomic mass is 9.91. The molecular weight excluding hydrogens is 436 g/mol. The van der Waals surface area contributed by atoms with Gasteiger partial charge in [-0.15, -0.1) is 0 Å². The number of nitrogens with zero attached hydrogens (tertiary/aromatic N) is 4. The maximum Gasteiger partial charge on any atom is 0.310 e. The normalized spacial score (nSPS) is 17.8. The molecule has 10 heteroatoms. The molecule has 0 spiro atoms. The minimum absolute atomic E-state index is 0.0253. The molecule has 1 saturated carbocycles. The van der Waals surface area contributed by atoms with Crippen molar-refractivity contribution in [1.82, 2.24) is 15.3 Å². The van der Waals surface area contributed by atoms with Crippen LogP contribution < -0.4 is 15.5 Å². The Hall–Kier alpha value is -3.95. The number of hydrogen-bond acceptors (Lipinski definition) is 8. The van der Waals surface area contributed by atoms with Crippen molar-refractivity contribution in [2.45, 2.75) is 44.2 Å². The number of anilines is 2. The van der Waals surface area contributed by atoms with Crippen molar-refractivity contribution in [2.24, 2.45) is 0 Å². The second kappa shape index (κ2) is 9.90. The van der Waals surface area contributed by atoms with E-state index in [2.05, 4.69) is 15.6 Å². The molecule has 2 aromatic carbocycles. The summed E-state index contributed by atoms with van der Waals surface area (Å²) in [6.45, 7) is 0. The number of nitro benzene ring substituents is 1. The molecule has 178 valence electrons. The Kier molecular flexibility index (Phi) is 6.76. The minimum Gasteiger partial charge on any atom is -0.502 e. The topological polar surface area (TPSA) is 134 Å². The minimum atomic E-state index is -0.661. The number of fused-ring (bicyclic) bond motifs is 1. The number of rotatable bonds is 7. The Bertz CT molecular complexity index is 1210. The van der Waals surface area contributed by atoms with Crippen molar-refractivity contribution < 1.29 is 14.8 Å². The molecule has 0 atom stereocenters. The zero-order chi connectivity index (χ0) is 24.2. The second-order valence-corrected chi connectivity index (χ2v) is 8.80. The van der Waals surface area contributed by atoms with Gasteiger partial charge in [0.15, 0.2) is 5.75 Å². The Morgan fingerprint density at radius 1 is 1.12 bits per heavy atom. The van der Waals surface area contributed by atoms with Crippen LogP contribution in [0.5, 0.6) is 5.75 Å². The van der Waals surface area contributed by atoms with Crippen molar-refractivity contribution in [3.63, 3.8) is 0 Å². The molecule has 4 rings (SSSR count). The van der Waals surface area contributed by atoms with Gasteiger partial charge in [0.1, 0.15) is 5.82 Å². The monoisotopic (exact) mass is 464 g/mol. The van der Waals surface area contributed by atoms with Gasteiger partial charge in [-0.05, 0) is 49.4 Å². The molecule has 0 unspecified atom stereocenters. The molecule has 3 N–H and O–H groups in total. The molecule has 3 aromatic rings. The lowest BCUT2D eigenvalue weighted by Crippen LogP contribution is -2.40. The third kappa shape index (κ3) is 5.33. The third-order valence-electron chi connectivity index (χ3n) is 6.03. The van der Waals surface area contributed by atoms with Crippen LogP contribution in [0.15, 0.2) is 42.5 Å². The van der Waals surface area contributed by atoms with Gasteiger partial charge in [-0.2, -0.15) is 4.98 Å². The van der Waals surface area contributed by atoms with Gasteiger partial charge >= 0.3 is 5.69 Å². The smallest absolute Gasteiger partial charge is 0.310 e. The number of aromatic hydroxyl groups is 1. The summed E-state index contributed by atoms with van der Waals surface area (Å²) >= 11 is 0. The number of carbonyl (C=O) groups is 1. The van der Waals surface area contributed by atoms with E-state index < -0.39 is 16.4 Å². The van der Waals surface area contributed by atoms with E-state index in [1.165, 1.54) is 18.2 Å². The largest absolute Gasteiger partial charge is 0.502 e. The molecule has 0 saturated heterocycles. The Labute approximate surface area is 197 Å². The lowest BCUT2D eigenvalue weighted by Gasteiger charge is -2.30.